The molecular weight excluding hydrogens is 396 g/mol. The number of anilines is 1. The molecule has 0 radical (unpaired) electrons. The molecule has 0 bridgehead atoms. The number of carbonyl (C=O) groups excluding carboxylic acids is 1. The molecule has 1 amide bonds. The Morgan fingerprint density at radius 1 is 0.935 bits per heavy atom. The molecule has 0 fully saturated rings. The average molecular weight is 420 g/mol. The standard InChI is InChI=1S/C23H24N4O4/c1-29-19-10-8-17(9-11-19)26-23(25-15-18-6-4-5-13-24-18)27-22(28)16-7-12-20(30-2)21(14-16)31-3/h4-14H,15H2,1-3H3,(H2,25,26,27,28). The van der Waals surface area contributed by atoms with Crippen LogP contribution in [0.3, 0.4) is 0 Å². The molecular formula is C23H24N4O4. The molecule has 1 heterocycles. The number of methoxy groups -OCH3 is 3. The molecule has 0 aliphatic heterocycles. The molecule has 0 saturated heterocycles. The maximum atomic E-state index is 12.9. The van der Waals surface area contributed by atoms with Gasteiger partial charge in [-0.25, -0.2) is 4.99 Å². The molecule has 160 valence electrons. The summed E-state index contributed by atoms with van der Waals surface area (Å²) in [6, 6.07) is 17.8. The molecule has 0 saturated carbocycles. The Hall–Kier alpha value is -4.07. The summed E-state index contributed by atoms with van der Waals surface area (Å²) in [5, 5.41) is 5.95. The van der Waals surface area contributed by atoms with Crippen LogP contribution in [0.4, 0.5) is 5.69 Å². The number of amides is 1. The highest BCUT2D eigenvalue weighted by Crippen LogP contribution is 2.27. The lowest BCUT2D eigenvalue weighted by Gasteiger charge is -2.13. The van der Waals surface area contributed by atoms with Gasteiger partial charge in [0, 0.05) is 17.4 Å². The Balaban J connectivity index is 1.81. The van der Waals surface area contributed by atoms with E-state index in [4.69, 9.17) is 14.2 Å². The van der Waals surface area contributed by atoms with Gasteiger partial charge >= 0.3 is 0 Å². The molecule has 0 spiro atoms. The SMILES string of the molecule is COc1ccc(NC(=NCc2ccccn2)NC(=O)c2ccc(OC)c(OC)c2)cc1. The van der Waals surface area contributed by atoms with Crippen LogP contribution in [-0.2, 0) is 6.54 Å². The first kappa shape index (κ1) is 21.6. The summed E-state index contributed by atoms with van der Waals surface area (Å²) in [6.45, 7) is 0.297. The van der Waals surface area contributed by atoms with Crippen LogP contribution in [0.25, 0.3) is 0 Å². The zero-order chi connectivity index (χ0) is 22.1. The van der Waals surface area contributed by atoms with E-state index >= 15 is 0 Å². The van der Waals surface area contributed by atoms with Gasteiger partial charge in [-0.2, -0.15) is 0 Å². The zero-order valence-electron chi connectivity index (χ0n) is 17.6. The monoisotopic (exact) mass is 420 g/mol. The van der Waals surface area contributed by atoms with Gasteiger partial charge in [0.25, 0.3) is 5.91 Å². The smallest absolute Gasteiger partial charge is 0.258 e. The van der Waals surface area contributed by atoms with Gasteiger partial charge in [0.2, 0.25) is 5.96 Å². The van der Waals surface area contributed by atoms with E-state index in [1.165, 1.54) is 7.11 Å². The third-order valence-electron chi connectivity index (χ3n) is 4.36. The average Bonchev–Trinajstić information content (AvgIpc) is 2.83. The maximum absolute atomic E-state index is 12.9. The van der Waals surface area contributed by atoms with Crippen molar-refractivity contribution in [1.29, 1.82) is 0 Å². The maximum Gasteiger partial charge on any atom is 0.258 e. The van der Waals surface area contributed by atoms with Gasteiger partial charge in [-0.05, 0) is 54.6 Å². The molecule has 3 rings (SSSR count). The molecule has 0 atom stereocenters. The third-order valence-corrected chi connectivity index (χ3v) is 4.36. The first-order valence-electron chi connectivity index (χ1n) is 9.51. The predicted octanol–water partition coefficient (Wildman–Crippen LogP) is 3.51. The van der Waals surface area contributed by atoms with E-state index in [1.807, 2.05) is 42.5 Å². The number of carbonyl (C=O) groups is 1. The third kappa shape index (κ3) is 5.96. The lowest BCUT2D eigenvalue weighted by atomic mass is 10.2. The van der Waals surface area contributed by atoms with E-state index in [2.05, 4.69) is 20.6 Å². The van der Waals surface area contributed by atoms with Gasteiger partial charge < -0.3 is 19.5 Å². The molecule has 2 aromatic carbocycles. The van der Waals surface area contributed by atoms with Crippen LogP contribution >= 0.6 is 0 Å². The van der Waals surface area contributed by atoms with Crippen LogP contribution in [0.15, 0.2) is 71.9 Å². The van der Waals surface area contributed by atoms with Gasteiger partial charge in [-0.1, -0.05) is 6.07 Å². The normalized spacial score (nSPS) is 10.9. The van der Waals surface area contributed by atoms with Gasteiger partial charge in [0.1, 0.15) is 5.75 Å². The second kappa shape index (κ2) is 10.6. The van der Waals surface area contributed by atoms with Gasteiger partial charge in [-0.3, -0.25) is 15.1 Å². The van der Waals surface area contributed by atoms with Crippen LogP contribution < -0.4 is 24.8 Å². The van der Waals surface area contributed by atoms with E-state index < -0.39 is 0 Å². The molecule has 0 aliphatic rings. The highest BCUT2D eigenvalue weighted by Gasteiger charge is 2.13. The quantitative estimate of drug-likeness (QED) is 0.449. The highest BCUT2D eigenvalue weighted by atomic mass is 16.5. The lowest BCUT2D eigenvalue weighted by molar-refractivity contribution is 0.0976. The van der Waals surface area contributed by atoms with E-state index in [0.717, 1.165) is 17.1 Å². The van der Waals surface area contributed by atoms with Crippen molar-refractivity contribution in [2.75, 3.05) is 26.6 Å². The Morgan fingerprint density at radius 3 is 2.35 bits per heavy atom. The summed E-state index contributed by atoms with van der Waals surface area (Å²) in [4.78, 5) is 21.6. The molecule has 1 aromatic heterocycles. The largest absolute Gasteiger partial charge is 0.497 e. The fourth-order valence-corrected chi connectivity index (χ4v) is 2.73. The number of rotatable bonds is 7. The minimum atomic E-state index is -0.346. The number of nitrogens with zero attached hydrogens (tertiary/aromatic N) is 2. The summed E-state index contributed by atoms with van der Waals surface area (Å²) >= 11 is 0. The fraction of sp³-hybridized carbons (Fsp3) is 0.174. The lowest BCUT2D eigenvalue weighted by Crippen LogP contribution is -2.36. The number of benzene rings is 2. The Labute approximate surface area is 180 Å². The minimum Gasteiger partial charge on any atom is -0.497 e. The van der Waals surface area contributed by atoms with E-state index in [1.54, 1.807) is 38.6 Å². The number of nitrogens with one attached hydrogen (secondary N) is 2. The second-order valence-corrected chi connectivity index (χ2v) is 6.36. The number of ether oxygens (including phenoxy) is 3. The summed E-state index contributed by atoms with van der Waals surface area (Å²) in [7, 11) is 4.66. The summed E-state index contributed by atoms with van der Waals surface area (Å²) in [6.07, 6.45) is 1.70. The van der Waals surface area contributed by atoms with Crippen molar-refractivity contribution in [1.82, 2.24) is 10.3 Å². The highest BCUT2D eigenvalue weighted by molar-refractivity contribution is 6.10. The van der Waals surface area contributed by atoms with Gasteiger partial charge in [0.05, 0.1) is 33.6 Å². The van der Waals surface area contributed by atoms with Crippen LogP contribution in [0.5, 0.6) is 17.2 Å². The van der Waals surface area contributed by atoms with Gasteiger partial charge in [0.15, 0.2) is 11.5 Å². The first-order chi connectivity index (χ1) is 15.1. The van der Waals surface area contributed by atoms with Crippen molar-refractivity contribution in [2.45, 2.75) is 6.54 Å². The van der Waals surface area contributed by atoms with Crippen LogP contribution in [0.1, 0.15) is 16.1 Å². The number of guanidine groups is 1. The zero-order valence-corrected chi connectivity index (χ0v) is 17.6. The van der Waals surface area contributed by atoms with Crippen molar-refractivity contribution < 1.29 is 19.0 Å². The van der Waals surface area contributed by atoms with Crippen LogP contribution in [0, 0.1) is 0 Å². The van der Waals surface area contributed by atoms with Crippen LogP contribution in [0.2, 0.25) is 0 Å². The Morgan fingerprint density at radius 2 is 1.71 bits per heavy atom. The van der Waals surface area contributed by atoms with Crippen molar-refractivity contribution in [3.63, 3.8) is 0 Å². The van der Waals surface area contributed by atoms with E-state index in [0.29, 0.717) is 23.6 Å². The second-order valence-electron chi connectivity index (χ2n) is 6.36. The summed E-state index contributed by atoms with van der Waals surface area (Å²) < 4.78 is 15.7. The molecule has 3 aromatic rings. The number of hydrogen-bond acceptors (Lipinski definition) is 6. The topological polar surface area (TPSA) is 94.1 Å². The number of hydrogen-bond donors (Lipinski definition) is 2. The molecule has 2 N–H and O–H groups in total. The molecule has 8 nitrogen and oxygen atoms in total. The van der Waals surface area contributed by atoms with Crippen molar-refractivity contribution in [3.05, 3.63) is 78.1 Å². The number of aromatic nitrogens is 1. The number of aliphatic imine (C=N–C) groups is 1. The Bertz CT molecular complexity index is 1040. The van der Waals surface area contributed by atoms with Crippen LogP contribution in [-0.4, -0.2) is 38.2 Å². The summed E-state index contributed by atoms with van der Waals surface area (Å²) in [5.74, 6) is 1.67. The molecule has 0 aliphatic carbocycles. The van der Waals surface area contributed by atoms with Crippen molar-refractivity contribution in [3.8, 4) is 17.2 Å². The van der Waals surface area contributed by atoms with Crippen molar-refractivity contribution >= 4 is 17.6 Å². The van der Waals surface area contributed by atoms with Crippen molar-refractivity contribution in [2.24, 2.45) is 4.99 Å². The van der Waals surface area contributed by atoms with Gasteiger partial charge in [-0.15, -0.1) is 0 Å². The first-order valence-corrected chi connectivity index (χ1v) is 9.51. The molecule has 8 heteroatoms. The molecule has 31 heavy (non-hydrogen) atoms. The molecule has 0 unspecified atom stereocenters. The van der Waals surface area contributed by atoms with E-state index in [-0.39, 0.29) is 11.9 Å². The fourth-order valence-electron chi connectivity index (χ4n) is 2.73. The number of pyridine rings is 1. The Kier molecular flexibility index (Phi) is 7.42. The predicted molar refractivity (Wildman–Crippen MR) is 119 cm³/mol. The van der Waals surface area contributed by atoms with E-state index in [9.17, 15) is 4.79 Å². The summed E-state index contributed by atoms with van der Waals surface area (Å²) in [5.41, 5.74) is 1.92. The minimum absolute atomic E-state index is 0.288.